The van der Waals surface area contributed by atoms with Gasteiger partial charge in [0.15, 0.2) is 0 Å². The molecule has 2 aromatic rings. The van der Waals surface area contributed by atoms with E-state index >= 15 is 0 Å². The fraction of sp³-hybridized carbons (Fsp3) is 0.429. The Labute approximate surface area is 145 Å². The number of nitrogen functional groups attached to an aromatic ring is 1. The van der Waals surface area contributed by atoms with Gasteiger partial charge in [-0.3, -0.25) is 4.90 Å². The van der Waals surface area contributed by atoms with Crippen LogP contribution in [0.5, 0.6) is 0 Å². The lowest BCUT2D eigenvalue weighted by molar-refractivity contribution is 0.0373. The van der Waals surface area contributed by atoms with Crippen LogP contribution in [0.2, 0.25) is 0 Å². The first-order valence-electron chi connectivity index (χ1n) is 8.95. The van der Waals surface area contributed by atoms with Crippen molar-refractivity contribution in [3.8, 4) is 0 Å². The molecule has 1 saturated heterocycles. The van der Waals surface area contributed by atoms with Gasteiger partial charge in [0.05, 0.1) is 6.10 Å². The number of likely N-dealkylation sites (tertiary alicyclic amines) is 1. The summed E-state index contributed by atoms with van der Waals surface area (Å²) in [6, 6.07) is 18.5. The smallest absolute Gasteiger partial charge is 0.0942 e. The van der Waals surface area contributed by atoms with Crippen molar-refractivity contribution in [2.45, 2.75) is 38.3 Å². The third-order valence-corrected chi connectivity index (χ3v) is 5.33. The van der Waals surface area contributed by atoms with Gasteiger partial charge in [-0.2, -0.15) is 0 Å². The molecule has 1 aliphatic heterocycles. The number of benzene rings is 2. The lowest BCUT2D eigenvalue weighted by Crippen LogP contribution is -2.43. The average molecular weight is 324 g/mol. The minimum absolute atomic E-state index is 0.131. The lowest BCUT2D eigenvalue weighted by atomic mass is 9.89. The summed E-state index contributed by atoms with van der Waals surface area (Å²) in [4.78, 5) is 2.42. The Balaban J connectivity index is 1.53. The van der Waals surface area contributed by atoms with Gasteiger partial charge in [-0.1, -0.05) is 42.5 Å². The first-order valence-corrected chi connectivity index (χ1v) is 8.95. The summed E-state index contributed by atoms with van der Waals surface area (Å²) < 4.78 is 0. The summed E-state index contributed by atoms with van der Waals surface area (Å²) in [5, 5.41) is 10.7. The van der Waals surface area contributed by atoms with Crippen molar-refractivity contribution in [3.05, 3.63) is 65.7 Å². The van der Waals surface area contributed by atoms with Gasteiger partial charge < -0.3 is 10.8 Å². The van der Waals surface area contributed by atoms with Crippen LogP contribution in [0.1, 0.15) is 37.0 Å². The molecule has 0 bridgehead atoms. The number of hydrogen-bond donors (Lipinski definition) is 2. The van der Waals surface area contributed by atoms with E-state index in [1.54, 1.807) is 0 Å². The summed E-state index contributed by atoms with van der Waals surface area (Å²) in [6.07, 6.45) is 3.11. The number of aliphatic hydroxyl groups excluding tert-OH is 1. The second-order valence-corrected chi connectivity index (χ2v) is 7.02. The van der Waals surface area contributed by atoms with E-state index in [-0.39, 0.29) is 6.04 Å². The van der Waals surface area contributed by atoms with Crippen LogP contribution >= 0.6 is 0 Å². The molecule has 2 aromatic carbocycles. The molecule has 0 spiro atoms. The van der Waals surface area contributed by atoms with Crippen molar-refractivity contribution in [1.82, 2.24) is 4.90 Å². The zero-order valence-corrected chi connectivity index (χ0v) is 14.4. The molecule has 0 amide bonds. The van der Waals surface area contributed by atoms with E-state index in [0.29, 0.717) is 0 Å². The molecule has 0 aromatic heterocycles. The van der Waals surface area contributed by atoms with Crippen molar-refractivity contribution in [1.29, 1.82) is 0 Å². The monoisotopic (exact) mass is 324 g/mol. The number of rotatable bonds is 5. The van der Waals surface area contributed by atoms with E-state index in [1.165, 1.54) is 24.8 Å². The van der Waals surface area contributed by atoms with Crippen molar-refractivity contribution >= 4 is 5.69 Å². The SMILES string of the molecule is C[C@@H](C(O)c1ccc(N)cc1)N1CCC(Cc2ccccc2)CC1. The van der Waals surface area contributed by atoms with E-state index in [1.807, 2.05) is 24.3 Å². The van der Waals surface area contributed by atoms with E-state index in [0.717, 1.165) is 30.3 Å². The molecule has 1 fully saturated rings. The summed E-state index contributed by atoms with van der Waals surface area (Å²) in [6.45, 7) is 4.24. The Morgan fingerprint density at radius 1 is 1.04 bits per heavy atom. The van der Waals surface area contributed by atoms with Crippen LogP contribution in [0.3, 0.4) is 0 Å². The molecule has 3 N–H and O–H groups in total. The minimum Gasteiger partial charge on any atom is -0.399 e. The minimum atomic E-state index is -0.462. The van der Waals surface area contributed by atoms with Crippen molar-refractivity contribution in [2.24, 2.45) is 5.92 Å². The van der Waals surface area contributed by atoms with Gasteiger partial charge in [0, 0.05) is 11.7 Å². The quantitative estimate of drug-likeness (QED) is 0.826. The Kier molecular flexibility index (Phi) is 5.54. The van der Waals surface area contributed by atoms with Crippen LogP contribution in [-0.2, 0) is 6.42 Å². The molecular formula is C21H28N2O. The maximum absolute atomic E-state index is 10.7. The molecule has 3 nitrogen and oxygen atoms in total. The van der Waals surface area contributed by atoms with Crippen molar-refractivity contribution in [3.63, 3.8) is 0 Å². The number of nitrogens with two attached hydrogens (primary N) is 1. The third-order valence-electron chi connectivity index (χ3n) is 5.33. The molecular weight excluding hydrogens is 296 g/mol. The van der Waals surface area contributed by atoms with Gasteiger partial charge in [0.1, 0.15) is 0 Å². The summed E-state index contributed by atoms with van der Waals surface area (Å²) in [7, 11) is 0. The maximum atomic E-state index is 10.7. The standard InChI is InChI=1S/C21H28N2O/c1-16(21(24)19-7-9-20(22)10-8-19)23-13-11-18(12-14-23)15-17-5-3-2-4-6-17/h2-10,16,18,21,24H,11-15,22H2,1H3/t16-,21?/m0/s1. The number of aliphatic hydroxyl groups is 1. The largest absolute Gasteiger partial charge is 0.399 e. The predicted octanol–water partition coefficient (Wildman–Crippen LogP) is 3.65. The highest BCUT2D eigenvalue weighted by molar-refractivity contribution is 5.40. The van der Waals surface area contributed by atoms with Crippen LogP contribution < -0.4 is 5.73 Å². The number of piperidine rings is 1. The Bertz CT molecular complexity index is 618. The molecule has 0 aliphatic carbocycles. The fourth-order valence-electron chi connectivity index (χ4n) is 3.68. The van der Waals surface area contributed by atoms with Gasteiger partial charge in [0.2, 0.25) is 0 Å². The van der Waals surface area contributed by atoms with Gasteiger partial charge in [0.25, 0.3) is 0 Å². The molecule has 128 valence electrons. The second kappa shape index (κ2) is 7.82. The molecule has 1 unspecified atom stereocenters. The molecule has 1 heterocycles. The fourth-order valence-corrected chi connectivity index (χ4v) is 3.68. The number of nitrogens with zero attached hydrogens (tertiary/aromatic N) is 1. The molecule has 2 atom stereocenters. The van der Waals surface area contributed by atoms with Crippen LogP contribution in [0, 0.1) is 5.92 Å². The summed E-state index contributed by atoms with van der Waals surface area (Å²) >= 11 is 0. The molecule has 24 heavy (non-hydrogen) atoms. The molecule has 0 saturated carbocycles. The maximum Gasteiger partial charge on any atom is 0.0942 e. The van der Waals surface area contributed by atoms with Gasteiger partial charge in [-0.25, -0.2) is 0 Å². The van der Waals surface area contributed by atoms with Gasteiger partial charge in [-0.05, 0) is 68.5 Å². The van der Waals surface area contributed by atoms with Gasteiger partial charge in [-0.15, -0.1) is 0 Å². The average Bonchev–Trinajstić information content (AvgIpc) is 2.63. The van der Waals surface area contributed by atoms with Crippen molar-refractivity contribution < 1.29 is 5.11 Å². The van der Waals surface area contributed by atoms with Crippen LogP contribution in [0.4, 0.5) is 5.69 Å². The Morgan fingerprint density at radius 2 is 1.67 bits per heavy atom. The van der Waals surface area contributed by atoms with Crippen LogP contribution in [0.15, 0.2) is 54.6 Å². The summed E-state index contributed by atoms with van der Waals surface area (Å²) in [5.41, 5.74) is 8.85. The summed E-state index contributed by atoms with van der Waals surface area (Å²) in [5.74, 6) is 0.754. The van der Waals surface area contributed by atoms with Crippen LogP contribution in [-0.4, -0.2) is 29.1 Å². The lowest BCUT2D eigenvalue weighted by Gasteiger charge is -2.38. The number of hydrogen-bond acceptors (Lipinski definition) is 3. The highest BCUT2D eigenvalue weighted by Crippen LogP contribution is 2.27. The third kappa shape index (κ3) is 4.16. The zero-order valence-electron chi connectivity index (χ0n) is 14.4. The molecule has 3 rings (SSSR count). The Morgan fingerprint density at radius 3 is 2.29 bits per heavy atom. The van der Waals surface area contributed by atoms with Gasteiger partial charge >= 0.3 is 0 Å². The highest BCUT2D eigenvalue weighted by atomic mass is 16.3. The Hall–Kier alpha value is -1.84. The first-order chi connectivity index (χ1) is 11.6. The van der Waals surface area contributed by atoms with E-state index in [9.17, 15) is 5.11 Å². The first kappa shape index (κ1) is 17.0. The molecule has 3 heteroatoms. The zero-order chi connectivity index (χ0) is 16.9. The topological polar surface area (TPSA) is 49.5 Å². The number of anilines is 1. The van der Waals surface area contributed by atoms with Crippen LogP contribution in [0.25, 0.3) is 0 Å². The predicted molar refractivity (Wildman–Crippen MR) is 99.7 cm³/mol. The van der Waals surface area contributed by atoms with E-state index in [2.05, 4.69) is 42.2 Å². The van der Waals surface area contributed by atoms with Crippen molar-refractivity contribution in [2.75, 3.05) is 18.8 Å². The van der Waals surface area contributed by atoms with E-state index < -0.39 is 6.10 Å². The molecule has 1 aliphatic rings. The van der Waals surface area contributed by atoms with E-state index in [4.69, 9.17) is 5.73 Å². The molecule has 0 radical (unpaired) electrons. The highest BCUT2D eigenvalue weighted by Gasteiger charge is 2.27. The second-order valence-electron chi connectivity index (χ2n) is 7.02. The normalized spacial score (nSPS) is 19.1.